The lowest BCUT2D eigenvalue weighted by atomic mass is 10.0. The summed E-state index contributed by atoms with van der Waals surface area (Å²) in [7, 11) is 1.66. The fourth-order valence-corrected chi connectivity index (χ4v) is 1.80. The zero-order chi connectivity index (χ0) is 16.0. The smallest absolute Gasteiger partial charge is 0.328 e. The van der Waals surface area contributed by atoms with E-state index in [9.17, 15) is 9.59 Å². The van der Waals surface area contributed by atoms with Crippen molar-refractivity contribution in [1.29, 1.82) is 5.26 Å². The third-order valence-corrected chi connectivity index (χ3v) is 3.28. The molecular formula is C16H18N2O3. The van der Waals surface area contributed by atoms with Crippen molar-refractivity contribution in [2.45, 2.75) is 26.3 Å². The van der Waals surface area contributed by atoms with E-state index in [1.54, 1.807) is 25.2 Å². The third kappa shape index (κ3) is 4.46. The van der Waals surface area contributed by atoms with Crippen molar-refractivity contribution in [2.75, 3.05) is 7.05 Å². The first kappa shape index (κ1) is 16.4. The number of rotatable bonds is 5. The van der Waals surface area contributed by atoms with Crippen LogP contribution >= 0.6 is 0 Å². The van der Waals surface area contributed by atoms with Crippen LogP contribution in [-0.4, -0.2) is 35.0 Å². The average molecular weight is 286 g/mol. The molecule has 21 heavy (non-hydrogen) atoms. The zero-order valence-corrected chi connectivity index (χ0v) is 12.3. The minimum Gasteiger partial charge on any atom is -0.478 e. The minimum absolute atomic E-state index is 0.180. The van der Waals surface area contributed by atoms with Crippen molar-refractivity contribution in [2.24, 2.45) is 0 Å². The highest BCUT2D eigenvalue weighted by Gasteiger charge is 2.19. The summed E-state index contributed by atoms with van der Waals surface area (Å²) >= 11 is 0. The van der Waals surface area contributed by atoms with Gasteiger partial charge in [0.1, 0.15) is 0 Å². The number of amides is 1. The van der Waals surface area contributed by atoms with Crippen LogP contribution in [0, 0.1) is 18.3 Å². The Morgan fingerprint density at radius 1 is 1.48 bits per heavy atom. The largest absolute Gasteiger partial charge is 0.478 e. The summed E-state index contributed by atoms with van der Waals surface area (Å²) in [6.45, 7) is 3.63. The van der Waals surface area contributed by atoms with Gasteiger partial charge in [0.05, 0.1) is 12.5 Å². The van der Waals surface area contributed by atoms with Crippen molar-refractivity contribution >= 4 is 18.0 Å². The zero-order valence-electron chi connectivity index (χ0n) is 12.3. The highest BCUT2D eigenvalue weighted by atomic mass is 16.4. The molecule has 1 aromatic carbocycles. The Morgan fingerprint density at radius 2 is 2.14 bits per heavy atom. The van der Waals surface area contributed by atoms with Crippen LogP contribution < -0.4 is 0 Å². The molecule has 0 saturated carbocycles. The number of carboxylic acid groups (broad SMARTS) is 1. The first-order valence-corrected chi connectivity index (χ1v) is 6.52. The van der Waals surface area contributed by atoms with Crippen molar-refractivity contribution in [1.82, 2.24) is 4.90 Å². The van der Waals surface area contributed by atoms with Gasteiger partial charge in [-0.1, -0.05) is 12.1 Å². The van der Waals surface area contributed by atoms with Gasteiger partial charge >= 0.3 is 5.97 Å². The molecule has 0 heterocycles. The molecule has 0 aromatic heterocycles. The van der Waals surface area contributed by atoms with E-state index < -0.39 is 5.97 Å². The van der Waals surface area contributed by atoms with Gasteiger partial charge in [-0.2, -0.15) is 5.26 Å². The van der Waals surface area contributed by atoms with Crippen molar-refractivity contribution in [3.05, 3.63) is 41.0 Å². The number of nitriles is 1. The van der Waals surface area contributed by atoms with Crippen molar-refractivity contribution in [3.8, 4) is 6.07 Å². The quantitative estimate of drug-likeness (QED) is 0.843. The lowest BCUT2D eigenvalue weighted by Crippen LogP contribution is -2.35. The summed E-state index contributed by atoms with van der Waals surface area (Å²) in [6, 6.07) is 7.05. The van der Waals surface area contributed by atoms with Crippen molar-refractivity contribution < 1.29 is 14.7 Å². The van der Waals surface area contributed by atoms with Crippen LogP contribution in [0.25, 0.3) is 6.08 Å². The Hall–Kier alpha value is -2.61. The van der Waals surface area contributed by atoms with Crippen molar-refractivity contribution in [3.63, 3.8) is 0 Å². The van der Waals surface area contributed by atoms with Crippen LogP contribution in [0.15, 0.2) is 24.3 Å². The second kappa shape index (κ2) is 7.25. The highest BCUT2D eigenvalue weighted by molar-refractivity contribution is 5.96. The number of hydrogen-bond acceptors (Lipinski definition) is 3. The van der Waals surface area contributed by atoms with Gasteiger partial charge in [0.25, 0.3) is 5.91 Å². The molecule has 1 amide bonds. The van der Waals surface area contributed by atoms with Gasteiger partial charge in [0.2, 0.25) is 0 Å². The Balaban J connectivity index is 3.06. The second-order valence-corrected chi connectivity index (χ2v) is 4.87. The molecule has 0 saturated heterocycles. The summed E-state index contributed by atoms with van der Waals surface area (Å²) in [5.41, 5.74) is 1.96. The molecule has 0 fully saturated rings. The molecule has 1 unspecified atom stereocenters. The molecule has 110 valence electrons. The monoisotopic (exact) mass is 286 g/mol. The standard InChI is InChI=1S/C16H18N2O3/c1-11-4-5-13(6-7-15(19)20)10-14(11)16(21)18(3)12(2)8-9-17/h4-7,10,12H,8H2,1-3H3,(H,19,20). The van der Waals surface area contributed by atoms with Crippen LogP contribution in [0.5, 0.6) is 0 Å². The van der Waals surface area contributed by atoms with Crippen LogP contribution in [-0.2, 0) is 4.79 Å². The van der Waals surface area contributed by atoms with E-state index in [0.29, 0.717) is 11.1 Å². The highest BCUT2D eigenvalue weighted by Crippen LogP contribution is 2.16. The lowest BCUT2D eigenvalue weighted by molar-refractivity contribution is -0.131. The first-order valence-electron chi connectivity index (χ1n) is 6.52. The van der Waals surface area contributed by atoms with Crippen LogP contribution in [0.3, 0.4) is 0 Å². The van der Waals surface area contributed by atoms with E-state index in [0.717, 1.165) is 11.6 Å². The Morgan fingerprint density at radius 3 is 2.71 bits per heavy atom. The molecule has 0 aliphatic rings. The predicted octanol–water partition coefficient (Wildman–Crippen LogP) is 2.47. The van der Waals surface area contributed by atoms with Crippen LogP contribution in [0.1, 0.15) is 34.8 Å². The maximum atomic E-state index is 12.4. The minimum atomic E-state index is -1.04. The van der Waals surface area contributed by atoms with Crippen LogP contribution in [0.2, 0.25) is 0 Å². The summed E-state index contributed by atoms with van der Waals surface area (Å²) in [5, 5.41) is 17.3. The lowest BCUT2D eigenvalue weighted by Gasteiger charge is -2.24. The SMILES string of the molecule is Cc1ccc(C=CC(=O)O)cc1C(=O)N(C)C(C)CC#N. The maximum absolute atomic E-state index is 12.4. The predicted molar refractivity (Wildman–Crippen MR) is 79.6 cm³/mol. The number of aliphatic carboxylic acids is 1. The number of carbonyl (C=O) groups is 2. The van der Waals surface area contributed by atoms with Crippen LogP contribution in [0.4, 0.5) is 0 Å². The molecule has 1 rings (SSSR count). The fourth-order valence-electron chi connectivity index (χ4n) is 1.80. The van der Waals surface area contributed by atoms with E-state index >= 15 is 0 Å². The van der Waals surface area contributed by atoms with Gasteiger partial charge in [-0.25, -0.2) is 4.79 Å². The summed E-state index contributed by atoms with van der Waals surface area (Å²) in [6.07, 6.45) is 2.73. The molecule has 5 heteroatoms. The van der Waals surface area contributed by atoms with Gasteiger partial charge in [-0.15, -0.1) is 0 Å². The Labute approximate surface area is 124 Å². The van der Waals surface area contributed by atoms with E-state index in [1.807, 2.05) is 19.9 Å². The Kier molecular flexibility index (Phi) is 5.67. The first-order chi connectivity index (χ1) is 9.86. The molecule has 5 nitrogen and oxygen atoms in total. The number of carbonyl (C=O) groups excluding carboxylic acids is 1. The Bertz CT molecular complexity index is 614. The molecule has 1 aromatic rings. The van der Waals surface area contributed by atoms with Gasteiger partial charge in [0, 0.05) is 24.7 Å². The average Bonchev–Trinajstić information content (AvgIpc) is 2.45. The molecule has 0 aliphatic heterocycles. The topological polar surface area (TPSA) is 81.4 Å². The third-order valence-electron chi connectivity index (χ3n) is 3.28. The summed E-state index contributed by atoms with van der Waals surface area (Å²) < 4.78 is 0. The van der Waals surface area contributed by atoms with E-state index in [1.165, 1.54) is 11.0 Å². The molecule has 1 N–H and O–H groups in total. The van der Waals surface area contributed by atoms with E-state index in [4.69, 9.17) is 10.4 Å². The van der Waals surface area contributed by atoms with E-state index in [-0.39, 0.29) is 18.4 Å². The van der Waals surface area contributed by atoms with Gasteiger partial charge in [-0.3, -0.25) is 4.79 Å². The molecule has 0 bridgehead atoms. The number of benzene rings is 1. The molecular weight excluding hydrogens is 268 g/mol. The summed E-state index contributed by atoms with van der Waals surface area (Å²) in [4.78, 5) is 24.5. The number of hydrogen-bond donors (Lipinski definition) is 1. The second-order valence-electron chi connectivity index (χ2n) is 4.87. The molecule has 0 spiro atoms. The molecule has 0 radical (unpaired) electrons. The maximum Gasteiger partial charge on any atom is 0.328 e. The number of carboxylic acids is 1. The fraction of sp³-hybridized carbons (Fsp3) is 0.312. The molecule has 0 aliphatic carbocycles. The molecule has 1 atom stereocenters. The number of nitrogens with zero attached hydrogens (tertiary/aromatic N) is 2. The summed E-state index contributed by atoms with van der Waals surface area (Å²) in [5.74, 6) is -1.22. The van der Waals surface area contributed by atoms with Gasteiger partial charge in [-0.05, 0) is 37.1 Å². The van der Waals surface area contributed by atoms with E-state index in [2.05, 4.69) is 0 Å². The van der Waals surface area contributed by atoms with Gasteiger partial charge < -0.3 is 10.0 Å². The van der Waals surface area contributed by atoms with Gasteiger partial charge in [0.15, 0.2) is 0 Å². The number of aryl methyl sites for hydroxylation is 1. The normalized spacial score (nSPS) is 11.9.